The molecule has 0 aromatic carbocycles. The molecule has 0 spiro atoms. The Morgan fingerprint density at radius 2 is 1.32 bits per heavy atom. The Balaban J connectivity index is 3.07. The smallest absolute Gasteiger partial charge is 0.305 e. The molecule has 1 aliphatic heterocycles. The van der Waals surface area contributed by atoms with E-state index in [1.807, 2.05) is 0 Å². The normalized spacial score (nSPS) is 23.3. The standard InChI is InChI=1S/C27H53NO6/c1-6-10-17-31-22-23-26(33-19-12-8-3)27(34-20-13-9-4)24(32-18-11-7-2)21-28(23)16-14-15-25(29)30-5/h23-24,26-27H,6-22H2,1-5H3/t23-,24+,26-,27-/m1/s1. The van der Waals surface area contributed by atoms with Crippen molar-refractivity contribution < 1.29 is 28.5 Å². The zero-order valence-corrected chi connectivity index (χ0v) is 22.7. The lowest BCUT2D eigenvalue weighted by atomic mass is 9.92. The third-order valence-electron chi connectivity index (χ3n) is 6.38. The highest BCUT2D eigenvalue weighted by Gasteiger charge is 2.45. The fourth-order valence-corrected chi connectivity index (χ4v) is 4.21. The summed E-state index contributed by atoms with van der Waals surface area (Å²) in [6.07, 6.45) is 9.39. The van der Waals surface area contributed by atoms with Crippen molar-refractivity contribution in [1.82, 2.24) is 4.90 Å². The first kappa shape index (κ1) is 31.3. The summed E-state index contributed by atoms with van der Waals surface area (Å²) in [5.41, 5.74) is 0. The molecule has 7 heteroatoms. The van der Waals surface area contributed by atoms with Crippen molar-refractivity contribution in [2.75, 3.05) is 53.2 Å². The van der Waals surface area contributed by atoms with E-state index in [-0.39, 0.29) is 30.3 Å². The molecular formula is C27H53NO6. The van der Waals surface area contributed by atoms with Crippen LogP contribution in [0.15, 0.2) is 0 Å². The molecule has 1 heterocycles. The molecule has 0 aromatic heterocycles. The van der Waals surface area contributed by atoms with Crippen molar-refractivity contribution in [3.63, 3.8) is 0 Å². The second kappa shape index (κ2) is 20.5. The Bertz CT molecular complexity index is 492. The van der Waals surface area contributed by atoms with Crippen molar-refractivity contribution in [3.05, 3.63) is 0 Å². The molecule has 4 atom stereocenters. The largest absolute Gasteiger partial charge is 0.469 e. The average Bonchev–Trinajstić information content (AvgIpc) is 2.84. The van der Waals surface area contributed by atoms with Gasteiger partial charge in [0.2, 0.25) is 0 Å². The number of likely N-dealkylation sites (tertiary alicyclic amines) is 1. The summed E-state index contributed by atoms with van der Waals surface area (Å²) in [5.74, 6) is -0.167. The van der Waals surface area contributed by atoms with Crippen molar-refractivity contribution in [2.24, 2.45) is 0 Å². The molecule has 0 amide bonds. The lowest BCUT2D eigenvalue weighted by Crippen LogP contribution is -2.65. The van der Waals surface area contributed by atoms with Gasteiger partial charge in [0.05, 0.1) is 25.9 Å². The predicted molar refractivity (Wildman–Crippen MR) is 136 cm³/mol. The highest BCUT2D eigenvalue weighted by Crippen LogP contribution is 2.28. The zero-order valence-electron chi connectivity index (χ0n) is 22.7. The molecule has 0 unspecified atom stereocenters. The van der Waals surface area contributed by atoms with Crippen LogP contribution in [0.3, 0.4) is 0 Å². The lowest BCUT2D eigenvalue weighted by Gasteiger charge is -2.48. The monoisotopic (exact) mass is 487 g/mol. The van der Waals surface area contributed by atoms with E-state index in [2.05, 4.69) is 32.6 Å². The molecule has 0 bridgehead atoms. The second-order valence-corrected chi connectivity index (χ2v) is 9.31. The van der Waals surface area contributed by atoms with Crippen molar-refractivity contribution in [2.45, 2.75) is 116 Å². The van der Waals surface area contributed by atoms with Gasteiger partial charge in [0.15, 0.2) is 0 Å². The van der Waals surface area contributed by atoms with Crippen LogP contribution in [0, 0.1) is 0 Å². The van der Waals surface area contributed by atoms with E-state index in [1.165, 1.54) is 7.11 Å². The summed E-state index contributed by atoms with van der Waals surface area (Å²) >= 11 is 0. The zero-order chi connectivity index (χ0) is 25.0. The van der Waals surface area contributed by atoms with Gasteiger partial charge in [0.1, 0.15) is 12.2 Å². The van der Waals surface area contributed by atoms with Gasteiger partial charge in [-0.15, -0.1) is 0 Å². The van der Waals surface area contributed by atoms with Crippen molar-refractivity contribution >= 4 is 5.97 Å². The number of methoxy groups -OCH3 is 1. The quantitative estimate of drug-likeness (QED) is 0.167. The molecule has 1 saturated heterocycles. The van der Waals surface area contributed by atoms with Crippen LogP contribution in [0.2, 0.25) is 0 Å². The van der Waals surface area contributed by atoms with Gasteiger partial charge >= 0.3 is 5.97 Å². The molecule has 0 radical (unpaired) electrons. The van der Waals surface area contributed by atoms with Crippen LogP contribution < -0.4 is 0 Å². The Morgan fingerprint density at radius 3 is 1.91 bits per heavy atom. The highest BCUT2D eigenvalue weighted by atomic mass is 16.6. The molecule has 0 N–H and O–H groups in total. The number of piperidine rings is 1. The number of carbonyl (C=O) groups excluding carboxylic acids is 1. The number of unbranched alkanes of at least 4 members (excludes halogenated alkanes) is 4. The maximum absolute atomic E-state index is 11.7. The number of nitrogens with zero attached hydrogens (tertiary/aromatic N) is 1. The lowest BCUT2D eigenvalue weighted by molar-refractivity contribution is -0.201. The van der Waals surface area contributed by atoms with E-state index in [0.29, 0.717) is 26.2 Å². The molecule has 202 valence electrons. The number of ether oxygens (including phenoxy) is 5. The Hall–Kier alpha value is -0.730. The molecule has 0 aliphatic carbocycles. The van der Waals surface area contributed by atoms with Crippen molar-refractivity contribution in [1.29, 1.82) is 0 Å². The number of hydrogen-bond acceptors (Lipinski definition) is 7. The van der Waals surface area contributed by atoms with Crippen molar-refractivity contribution in [3.8, 4) is 0 Å². The summed E-state index contributed by atoms with van der Waals surface area (Å²) in [5, 5.41) is 0. The number of hydrogen-bond donors (Lipinski definition) is 0. The fraction of sp³-hybridized carbons (Fsp3) is 0.963. The third-order valence-corrected chi connectivity index (χ3v) is 6.38. The van der Waals surface area contributed by atoms with E-state index >= 15 is 0 Å². The van der Waals surface area contributed by atoms with Gasteiger partial charge in [0.25, 0.3) is 0 Å². The Kier molecular flexibility index (Phi) is 18.8. The molecule has 1 fully saturated rings. The van der Waals surface area contributed by atoms with Gasteiger partial charge in [-0.1, -0.05) is 53.4 Å². The summed E-state index contributed by atoms with van der Waals surface area (Å²) < 4.78 is 30.4. The number of carbonyl (C=O) groups is 1. The third kappa shape index (κ3) is 12.3. The minimum absolute atomic E-state index is 0.0555. The van der Waals surface area contributed by atoms with Crippen LogP contribution >= 0.6 is 0 Å². The summed E-state index contributed by atoms with van der Waals surface area (Å²) in [6.45, 7) is 13.8. The van der Waals surface area contributed by atoms with E-state index < -0.39 is 0 Å². The maximum atomic E-state index is 11.7. The minimum atomic E-state index is -0.167. The van der Waals surface area contributed by atoms with E-state index in [4.69, 9.17) is 23.7 Å². The van der Waals surface area contributed by atoms with E-state index in [1.54, 1.807) is 0 Å². The Morgan fingerprint density at radius 1 is 0.765 bits per heavy atom. The molecule has 1 rings (SSSR count). The number of esters is 1. The maximum Gasteiger partial charge on any atom is 0.305 e. The van der Waals surface area contributed by atoms with Crippen LogP contribution in [0.1, 0.15) is 91.9 Å². The van der Waals surface area contributed by atoms with Gasteiger partial charge in [-0.2, -0.15) is 0 Å². The molecule has 7 nitrogen and oxygen atoms in total. The van der Waals surface area contributed by atoms with Crippen LogP contribution in [0.4, 0.5) is 0 Å². The Labute approximate surface area is 209 Å². The first-order valence-electron chi connectivity index (χ1n) is 13.9. The van der Waals surface area contributed by atoms with Gasteiger partial charge in [0, 0.05) is 39.4 Å². The van der Waals surface area contributed by atoms with Gasteiger partial charge in [-0.3, -0.25) is 9.69 Å². The SMILES string of the molecule is CCCCOC[C@@H]1[C@@H](OCCCC)[C@H](OCCCC)[C@@H](OCCCC)CN1CCCC(=O)OC. The van der Waals surface area contributed by atoms with Crippen LogP contribution in [0.25, 0.3) is 0 Å². The van der Waals surface area contributed by atoms with E-state index in [9.17, 15) is 4.79 Å². The molecule has 0 saturated carbocycles. The summed E-state index contributed by atoms with van der Waals surface area (Å²) in [7, 11) is 1.45. The molecule has 0 aromatic rings. The van der Waals surface area contributed by atoms with E-state index in [0.717, 1.165) is 84.1 Å². The van der Waals surface area contributed by atoms with Crippen LogP contribution in [-0.2, 0) is 28.5 Å². The van der Waals surface area contributed by atoms with Gasteiger partial charge in [-0.05, 0) is 38.6 Å². The minimum Gasteiger partial charge on any atom is -0.469 e. The summed E-state index contributed by atoms with van der Waals surface area (Å²) in [6, 6.07) is 0.0732. The van der Waals surface area contributed by atoms with Gasteiger partial charge < -0.3 is 23.7 Å². The topological polar surface area (TPSA) is 66.5 Å². The molecule has 1 aliphatic rings. The first-order chi connectivity index (χ1) is 16.6. The second-order valence-electron chi connectivity index (χ2n) is 9.31. The fourth-order valence-electron chi connectivity index (χ4n) is 4.21. The summed E-state index contributed by atoms with van der Waals surface area (Å²) in [4.78, 5) is 14.1. The van der Waals surface area contributed by atoms with Crippen LogP contribution in [-0.4, -0.2) is 88.5 Å². The number of rotatable bonds is 21. The molecular weight excluding hydrogens is 434 g/mol. The van der Waals surface area contributed by atoms with Crippen LogP contribution in [0.5, 0.6) is 0 Å². The average molecular weight is 488 g/mol. The predicted octanol–water partition coefficient (Wildman–Crippen LogP) is 5.00. The van der Waals surface area contributed by atoms with Gasteiger partial charge in [-0.25, -0.2) is 0 Å². The highest BCUT2D eigenvalue weighted by molar-refractivity contribution is 5.69. The molecule has 34 heavy (non-hydrogen) atoms. The first-order valence-corrected chi connectivity index (χ1v) is 13.9.